The molecule has 32 heavy (non-hydrogen) atoms. The van der Waals surface area contributed by atoms with Crippen molar-refractivity contribution in [2.24, 2.45) is 0 Å². The van der Waals surface area contributed by atoms with E-state index in [1.54, 1.807) is 6.07 Å². The maximum atomic E-state index is 11.6. The molecule has 178 valence electrons. The molecule has 2 aromatic carbocycles. The van der Waals surface area contributed by atoms with Crippen LogP contribution in [0.2, 0.25) is 0 Å². The molecular formula is C29H44O3. The molecule has 0 saturated carbocycles. The van der Waals surface area contributed by atoms with Gasteiger partial charge < -0.3 is 9.84 Å². The van der Waals surface area contributed by atoms with Crippen LogP contribution in [0.25, 0.3) is 10.8 Å². The molecule has 0 radical (unpaired) electrons. The Hall–Kier alpha value is -2.03. The van der Waals surface area contributed by atoms with Gasteiger partial charge in [0.2, 0.25) is 0 Å². The van der Waals surface area contributed by atoms with Crippen molar-refractivity contribution in [3.63, 3.8) is 0 Å². The summed E-state index contributed by atoms with van der Waals surface area (Å²) in [5.74, 6) is -0.449. The summed E-state index contributed by atoms with van der Waals surface area (Å²) >= 11 is 0. The van der Waals surface area contributed by atoms with Crippen LogP contribution >= 0.6 is 0 Å². The summed E-state index contributed by atoms with van der Waals surface area (Å²) in [6.07, 6.45) is 21.5. The number of benzene rings is 2. The van der Waals surface area contributed by atoms with E-state index in [-0.39, 0.29) is 5.56 Å². The molecule has 2 aromatic rings. The molecule has 0 aliphatic carbocycles. The van der Waals surface area contributed by atoms with Crippen molar-refractivity contribution in [3.05, 3.63) is 42.0 Å². The maximum absolute atomic E-state index is 11.6. The number of carboxylic acids is 1. The van der Waals surface area contributed by atoms with E-state index in [0.29, 0.717) is 12.4 Å². The Morgan fingerprint density at radius 3 is 1.59 bits per heavy atom. The molecule has 0 unspecified atom stereocenters. The van der Waals surface area contributed by atoms with Gasteiger partial charge in [0.25, 0.3) is 0 Å². The van der Waals surface area contributed by atoms with Crippen LogP contribution in [-0.4, -0.2) is 17.7 Å². The zero-order chi connectivity index (χ0) is 22.9. The molecule has 0 fully saturated rings. The number of fused-ring (bicyclic) bond motifs is 1. The van der Waals surface area contributed by atoms with Crippen LogP contribution in [0.4, 0.5) is 0 Å². The van der Waals surface area contributed by atoms with Gasteiger partial charge in [-0.3, -0.25) is 0 Å². The second kappa shape index (κ2) is 16.6. The molecule has 1 N–H and O–H groups in total. The largest absolute Gasteiger partial charge is 0.493 e. The third-order valence-corrected chi connectivity index (χ3v) is 6.33. The Morgan fingerprint density at radius 2 is 1.12 bits per heavy atom. The average Bonchev–Trinajstić information content (AvgIpc) is 2.80. The minimum Gasteiger partial charge on any atom is -0.493 e. The normalized spacial score (nSPS) is 11.2. The Labute approximate surface area is 195 Å². The smallest absolute Gasteiger partial charge is 0.339 e. The van der Waals surface area contributed by atoms with Crippen LogP contribution in [0.15, 0.2) is 36.4 Å². The second-order valence-electron chi connectivity index (χ2n) is 9.15. The molecule has 3 nitrogen and oxygen atoms in total. The van der Waals surface area contributed by atoms with E-state index in [0.717, 1.165) is 23.6 Å². The Kier molecular flexibility index (Phi) is 13.6. The van der Waals surface area contributed by atoms with Gasteiger partial charge in [0.05, 0.1) is 6.61 Å². The van der Waals surface area contributed by atoms with Crippen molar-refractivity contribution in [3.8, 4) is 5.75 Å². The van der Waals surface area contributed by atoms with Gasteiger partial charge in [0, 0.05) is 0 Å². The van der Waals surface area contributed by atoms with Gasteiger partial charge in [0.1, 0.15) is 11.3 Å². The fourth-order valence-corrected chi connectivity index (χ4v) is 4.34. The Balaban J connectivity index is 1.46. The lowest BCUT2D eigenvalue weighted by Crippen LogP contribution is -2.04. The van der Waals surface area contributed by atoms with E-state index in [1.807, 2.05) is 30.3 Å². The predicted molar refractivity (Wildman–Crippen MR) is 136 cm³/mol. The van der Waals surface area contributed by atoms with Gasteiger partial charge >= 0.3 is 5.97 Å². The summed E-state index contributed by atoms with van der Waals surface area (Å²) in [5.41, 5.74) is 0.250. The minimum absolute atomic E-state index is 0.250. The summed E-state index contributed by atoms with van der Waals surface area (Å²) in [4.78, 5) is 11.6. The molecular weight excluding hydrogens is 396 g/mol. The predicted octanol–water partition coefficient (Wildman–Crippen LogP) is 9.18. The van der Waals surface area contributed by atoms with Gasteiger partial charge in [-0.15, -0.1) is 0 Å². The third-order valence-electron chi connectivity index (χ3n) is 6.33. The lowest BCUT2D eigenvalue weighted by Gasteiger charge is -2.11. The van der Waals surface area contributed by atoms with Crippen LogP contribution in [0.5, 0.6) is 5.75 Å². The average molecular weight is 441 g/mol. The molecule has 3 heteroatoms. The molecule has 0 spiro atoms. The number of carboxylic acid groups (broad SMARTS) is 1. The first-order valence-corrected chi connectivity index (χ1v) is 13.1. The van der Waals surface area contributed by atoms with E-state index in [4.69, 9.17) is 4.74 Å². The van der Waals surface area contributed by atoms with Crippen LogP contribution in [-0.2, 0) is 0 Å². The van der Waals surface area contributed by atoms with Crippen molar-refractivity contribution in [2.75, 3.05) is 6.61 Å². The highest BCUT2D eigenvalue weighted by atomic mass is 16.5. The Morgan fingerprint density at radius 1 is 0.688 bits per heavy atom. The maximum Gasteiger partial charge on any atom is 0.339 e. The number of aromatic carboxylic acids is 1. The molecule has 0 saturated heterocycles. The quantitative estimate of drug-likeness (QED) is 0.221. The lowest BCUT2D eigenvalue weighted by molar-refractivity contribution is 0.0692. The van der Waals surface area contributed by atoms with E-state index in [9.17, 15) is 9.90 Å². The van der Waals surface area contributed by atoms with Crippen molar-refractivity contribution < 1.29 is 14.6 Å². The fraction of sp³-hybridized carbons (Fsp3) is 0.621. The highest BCUT2D eigenvalue weighted by Crippen LogP contribution is 2.26. The topological polar surface area (TPSA) is 46.5 Å². The molecule has 0 heterocycles. The zero-order valence-corrected chi connectivity index (χ0v) is 20.2. The zero-order valence-electron chi connectivity index (χ0n) is 20.2. The van der Waals surface area contributed by atoms with Crippen molar-refractivity contribution >= 4 is 16.7 Å². The summed E-state index contributed by atoms with van der Waals surface area (Å²) < 4.78 is 5.84. The van der Waals surface area contributed by atoms with Crippen molar-refractivity contribution in [2.45, 2.75) is 110 Å². The lowest BCUT2D eigenvalue weighted by atomic mass is 10.0. The van der Waals surface area contributed by atoms with E-state index >= 15 is 0 Å². The van der Waals surface area contributed by atoms with E-state index in [2.05, 4.69) is 6.92 Å². The summed E-state index contributed by atoms with van der Waals surface area (Å²) in [6.45, 7) is 2.86. The highest BCUT2D eigenvalue weighted by molar-refractivity contribution is 5.97. The van der Waals surface area contributed by atoms with Crippen molar-refractivity contribution in [1.82, 2.24) is 0 Å². The number of hydrogen-bond acceptors (Lipinski definition) is 2. The molecule has 0 bridgehead atoms. The molecule has 0 aliphatic rings. The first-order valence-electron chi connectivity index (χ1n) is 13.1. The summed E-state index contributed by atoms with van der Waals surface area (Å²) in [5, 5.41) is 11.4. The molecule has 0 aliphatic heterocycles. The number of carbonyl (C=O) groups is 1. The highest BCUT2D eigenvalue weighted by Gasteiger charge is 2.12. The van der Waals surface area contributed by atoms with Gasteiger partial charge in [-0.1, -0.05) is 128 Å². The standard InChI is InChI=1S/C29H44O3/c1-2-3-4-5-6-7-8-9-10-11-12-13-14-15-16-19-22-32-28-24-26-21-18-17-20-25(26)23-27(28)29(30)31/h17-18,20-21,23-24H,2-16,19,22H2,1H3,(H,30,31). The first kappa shape index (κ1) is 26.2. The number of hydrogen-bond donors (Lipinski definition) is 1. The van der Waals surface area contributed by atoms with Gasteiger partial charge in [-0.2, -0.15) is 0 Å². The van der Waals surface area contributed by atoms with Crippen LogP contribution < -0.4 is 4.74 Å². The molecule has 0 aromatic heterocycles. The second-order valence-corrected chi connectivity index (χ2v) is 9.15. The molecule has 2 rings (SSSR count). The van der Waals surface area contributed by atoms with Crippen LogP contribution in [0.3, 0.4) is 0 Å². The minimum atomic E-state index is -0.933. The van der Waals surface area contributed by atoms with Crippen LogP contribution in [0.1, 0.15) is 120 Å². The van der Waals surface area contributed by atoms with Crippen LogP contribution in [0, 0.1) is 0 Å². The summed E-state index contributed by atoms with van der Waals surface area (Å²) in [7, 11) is 0. The monoisotopic (exact) mass is 440 g/mol. The van der Waals surface area contributed by atoms with E-state index < -0.39 is 5.97 Å². The number of unbranched alkanes of at least 4 members (excludes halogenated alkanes) is 15. The fourth-order valence-electron chi connectivity index (χ4n) is 4.34. The van der Waals surface area contributed by atoms with Gasteiger partial charge in [-0.05, 0) is 29.3 Å². The third kappa shape index (κ3) is 10.5. The number of rotatable bonds is 19. The van der Waals surface area contributed by atoms with E-state index in [1.165, 1.54) is 89.9 Å². The van der Waals surface area contributed by atoms with Gasteiger partial charge in [-0.25, -0.2) is 4.79 Å². The van der Waals surface area contributed by atoms with Gasteiger partial charge in [0.15, 0.2) is 0 Å². The SMILES string of the molecule is CCCCCCCCCCCCCCCCCCOc1cc2ccccc2cc1C(=O)O. The molecule has 0 amide bonds. The molecule has 0 atom stereocenters. The Bertz CT molecular complexity index is 768. The first-order chi connectivity index (χ1) is 15.7. The summed E-state index contributed by atoms with van der Waals surface area (Å²) in [6, 6.07) is 11.4. The van der Waals surface area contributed by atoms with Crippen molar-refractivity contribution in [1.29, 1.82) is 0 Å². The number of ether oxygens (including phenoxy) is 1.